The van der Waals surface area contributed by atoms with Crippen LogP contribution in [0.4, 0.5) is 0 Å². The van der Waals surface area contributed by atoms with E-state index < -0.39 is 0 Å². The number of carbonyl (C=O) groups excluding carboxylic acids is 2. The summed E-state index contributed by atoms with van der Waals surface area (Å²) >= 11 is 0. The predicted molar refractivity (Wildman–Crippen MR) is 75.0 cm³/mol. The molecule has 0 saturated heterocycles. The molecule has 1 unspecified atom stereocenters. The molecule has 2 nitrogen and oxygen atoms in total. The van der Waals surface area contributed by atoms with Gasteiger partial charge in [-0.3, -0.25) is 0 Å². The van der Waals surface area contributed by atoms with Crippen LogP contribution in [-0.2, 0) is 9.59 Å². The zero-order valence-electron chi connectivity index (χ0n) is 10.6. The van der Waals surface area contributed by atoms with Crippen molar-refractivity contribution in [2.45, 2.75) is 12.3 Å². The third-order valence-electron chi connectivity index (χ3n) is 3.29. The molecule has 0 fully saturated rings. The Hall–Kier alpha value is -2.22. The first-order chi connectivity index (χ1) is 9.36. The van der Waals surface area contributed by atoms with Crippen molar-refractivity contribution in [3.8, 4) is 0 Å². The van der Waals surface area contributed by atoms with E-state index in [1.165, 1.54) is 0 Å². The molecule has 1 atom stereocenters. The Morgan fingerprint density at radius 2 is 1.26 bits per heavy atom. The highest BCUT2D eigenvalue weighted by molar-refractivity contribution is 5.65. The zero-order valence-corrected chi connectivity index (χ0v) is 10.6. The molecule has 96 valence electrons. The van der Waals surface area contributed by atoms with Crippen LogP contribution >= 0.6 is 0 Å². The fraction of sp³-hybridized carbons (Fsp3) is 0.176. The lowest BCUT2D eigenvalue weighted by Crippen LogP contribution is -2.16. The Bertz CT molecular complexity index is 480. The van der Waals surface area contributed by atoms with Gasteiger partial charge in [0.05, 0.1) is 0 Å². The largest absolute Gasteiger partial charge is 0.303 e. The summed E-state index contributed by atoms with van der Waals surface area (Å²) < 4.78 is 0. The Labute approximate surface area is 113 Å². The molecule has 0 saturated carbocycles. The van der Waals surface area contributed by atoms with Gasteiger partial charge in [0.15, 0.2) is 0 Å². The van der Waals surface area contributed by atoms with Gasteiger partial charge in [-0.1, -0.05) is 60.7 Å². The van der Waals surface area contributed by atoms with Crippen LogP contribution < -0.4 is 0 Å². The SMILES string of the molecule is O=CCC(C=O)C(c1ccccc1)c1ccccc1. The van der Waals surface area contributed by atoms with E-state index >= 15 is 0 Å². The number of carbonyl (C=O) groups is 2. The summed E-state index contributed by atoms with van der Waals surface area (Å²) in [4.78, 5) is 22.1. The van der Waals surface area contributed by atoms with E-state index in [9.17, 15) is 9.59 Å². The minimum Gasteiger partial charge on any atom is -0.303 e. The summed E-state index contributed by atoms with van der Waals surface area (Å²) in [5.74, 6) is -0.382. The molecule has 2 aromatic rings. The Morgan fingerprint density at radius 1 is 0.789 bits per heavy atom. The predicted octanol–water partition coefficient (Wildman–Crippen LogP) is 3.22. The van der Waals surface area contributed by atoms with Crippen LogP contribution in [0.2, 0.25) is 0 Å². The highest BCUT2D eigenvalue weighted by atomic mass is 16.1. The summed E-state index contributed by atoms with van der Waals surface area (Å²) in [6.07, 6.45) is 1.95. The second-order valence-electron chi connectivity index (χ2n) is 4.50. The molecule has 0 aliphatic carbocycles. The first-order valence-electron chi connectivity index (χ1n) is 6.35. The fourth-order valence-corrected chi connectivity index (χ4v) is 2.39. The highest BCUT2D eigenvalue weighted by Crippen LogP contribution is 2.32. The molecule has 0 aliphatic heterocycles. The van der Waals surface area contributed by atoms with Crippen LogP contribution in [0.25, 0.3) is 0 Å². The third kappa shape index (κ3) is 3.16. The molecule has 2 heteroatoms. The maximum Gasteiger partial charge on any atom is 0.124 e. The maximum absolute atomic E-state index is 11.3. The molecule has 2 rings (SSSR count). The Kier molecular flexibility index (Phi) is 4.62. The molecule has 19 heavy (non-hydrogen) atoms. The molecule has 0 spiro atoms. The van der Waals surface area contributed by atoms with Crippen molar-refractivity contribution in [2.24, 2.45) is 5.92 Å². The minimum atomic E-state index is -0.317. The van der Waals surface area contributed by atoms with Gasteiger partial charge in [0.25, 0.3) is 0 Å². The summed E-state index contributed by atoms with van der Waals surface area (Å²) in [6.45, 7) is 0. The number of hydrogen-bond donors (Lipinski definition) is 0. The van der Waals surface area contributed by atoms with Gasteiger partial charge in [0.2, 0.25) is 0 Å². The number of rotatable bonds is 6. The smallest absolute Gasteiger partial charge is 0.124 e. The van der Waals surface area contributed by atoms with Crippen LogP contribution in [0.3, 0.4) is 0 Å². The van der Waals surface area contributed by atoms with Crippen molar-refractivity contribution >= 4 is 12.6 Å². The molecule has 0 bridgehead atoms. The molecule has 0 radical (unpaired) electrons. The van der Waals surface area contributed by atoms with Crippen LogP contribution in [0, 0.1) is 5.92 Å². The zero-order chi connectivity index (χ0) is 13.5. The quantitative estimate of drug-likeness (QED) is 0.740. The van der Waals surface area contributed by atoms with Crippen molar-refractivity contribution in [1.82, 2.24) is 0 Å². The average molecular weight is 252 g/mol. The van der Waals surface area contributed by atoms with E-state index in [0.717, 1.165) is 23.7 Å². The maximum atomic E-state index is 11.3. The molecule has 0 N–H and O–H groups in total. The van der Waals surface area contributed by atoms with Crippen molar-refractivity contribution in [3.63, 3.8) is 0 Å². The van der Waals surface area contributed by atoms with Gasteiger partial charge in [-0.25, -0.2) is 0 Å². The van der Waals surface area contributed by atoms with Crippen molar-refractivity contribution in [1.29, 1.82) is 0 Å². The highest BCUT2D eigenvalue weighted by Gasteiger charge is 2.24. The van der Waals surface area contributed by atoms with E-state index in [2.05, 4.69) is 0 Å². The van der Waals surface area contributed by atoms with Crippen LogP contribution in [0.1, 0.15) is 23.5 Å². The molecule has 0 aromatic heterocycles. The van der Waals surface area contributed by atoms with Gasteiger partial charge < -0.3 is 9.59 Å². The lowest BCUT2D eigenvalue weighted by molar-refractivity contribution is -0.115. The van der Waals surface area contributed by atoms with E-state index in [-0.39, 0.29) is 18.3 Å². The lowest BCUT2D eigenvalue weighted by atomic mass is 9.80. The van der Waals surface area contributed by atoms with Gasteiger partial charge in [0, 0.05) is 18.3 Å². The van der Waals surface area contributed by atoms with Crippen LogP contribution in [0.15, 0.2) is 60.7 Å². The van der Waals surface area contributed by atoms with E-state index in [1.807, 2.05) is 60.7 Å². The van der Waals surface area contributed by atoms with E-state index in [0.29, 0.717) is 0 Å². The van der Waals surface area contributed by atoms with Gasteiger partial charge in [-0.05, 0) is 11.1 Å². The molecule has 0 aliphatic rings. The van der Waals surface area contributed by atoms with Gasteiger partial charge >= 0.3 is 0 Å². The first kappa shape index (κ1) is 13.2. The minimum absolute atomic E-state index is 0.0647. The normalized spacial score (nSPS) is 12.1. The van der Waals surface area contributed by atoms with E-state index in [4.69, 9.17) is 0 Å². The van der Waals surface area contributed by atoms with Crippen molar-refractivity contribution < 1.29 is 9.59 Å². The monoisotopic (exact) mass is 252 g/mol. The number of hydrogen-bond acceptors (Lipinski definition) is 2. The standard InChI is InChI=1S/C17H16O2/c18-12-11-16(13-19)17(14-7-3-1-4-8-14)15-9-5-2-6-10-15/h1-10,12-13,16-17H,11H2. The molecule has 0 amide bonds. The van der Waals surface area contributed by atoms with Crippen molar-refractivity contribution in [2.75, 3.05) is 0 Å². The summed E-state index contributed by atoms with van der Waals surface area (Å²) in [6, 6.07) is 19.7. The van der Waals surface area contributed by atoms with Gasteiger partial charge in [-0.15, -0.1) is 0 Å². The second kappa shape index (κ2) is 6.64. The summed E-state index contributed by atoms with van der Waals surface area (Å²) in [5, 5.41) is 0. The second-order valence-corrected chi connectivity index (χ2v) is 4.50. The van der Waals surface area contributed by atoms with Gasteiger partial charge in [-0.2, -0.15) is 0 Å². The summed E-state index contributed by atoms with van der Waals surface area (Å²) in [5.41, 5.74) is 2.13. The number of aldehydes is 2. The van der Waals surface area contributed by atoms with Crippen molar-refractivity contribution in [3.05, 3.63) is 71.8 Å². The Balaban J connectivity index is 2.44. The molecule has 0 heterocycles. The average Bonchev–Trinajstić information content (AvgIpc) is 2.49. The third-order valence-corrected chi connectivity index (χ3v) is 3.29. The fourth-order valence-electron chi connectivity index (χ4n) is 2.39. The Morgan fingerprint density at radius 3 is 1.63 bits per heavy atom. The van der Waals surface area contributed by atoms with Crippen LogP contribution in [0.5, 0.6) is 0 Å². The van der Waals surface area contributed by atoms with Gasteiger partial charge in [0.1, 0.15) is 12.6 Å². The summed E-state index contributed by atoms with van der Waals surface area (Å²) in [7, 11) is 0. The molecular weight excluding hydrogens is 236 g/mol. The molecule has 2 aromatic carbocycles. The topological polar surface area (TPSA) is 34.1 Å². The first-order valence-corrected chi connectivity index (χ1v) is 6.35. The van der Waals surface area contributed by atoms with Crippen LogP contribution in [-0.4, -0.2) is 12.6 Å². The molecular formula is C17H16O2. The van der Waals surface area contributed by atoms with E-state index in [1.54, 1.807) is 0 Å². The lowest BCUT2D eigenvalue weighted by Gasteiger charge is -2.22. The number of benzene rings is 2.